The van der Waals surface area contributed by atoms with Gasteiger partial charge >= 0.3 is 11.9 Å². The third-order valence-corrected chi connectivity index (χ3v) is 3.54. The molecule has 0 bridgehead atoms. The van der Waals surface area contributed by atoms with Crippen LogP contribution in [0.2, 0.25) is 0 Å². The predicted octanol–water partition coefficient (Wildman–Crippen LogP) is 0.957. The molecular formula is C16H16N2O6. The van der Waals surface area contributed by atoms with Gasteiger partial charge in [-0.15, -0.1) is 0 Å². The van der Waals surface area contributed by atoms with Crippen molar-refractivity contribution in [2.24, 2.45) is 0 Å². The van der Waals surface area contributed by atoms with Gasteiger partial charge in [0.25, 0.3) is 5.56 Å². The van der Waals surface area contributed by atoms with Crippen LogP contribution in [0.5, 0.6) is 5.75 Å². The SMILES string of the molecule is COC(=O)C[C@H](c1cccnc1)c1c(O)c(C(=O)OC)c[nH]c1=O. The van der Waals surface area contributed by atoms with Crippen molar-refractivity contribution >= 4 is 11.9 Å². The first-order chi connectivity index (χ1) is 11.5. The number of aromatic hydroxyl groups is 1. The normalized spacial score (nSPS) is 11.6. The minimum absolute atomic E-state index is 0.128. The predicted molar refractivity (Wildman–Crippen MR) is 82.8 cm³/mol. The molecule has 0 spiro atoms. The van der Waals surface area contributed by atoms with E-state index in [1.807, 2.05) is 0 Å². The van der Waals surface area contributed by atoms with Crippen LogP contribution in [-0.2, 0) is 14.3 Å². The number of nitrogens with zero attached hydrogens (tertiary/aromatic N) is 1. The van der Waals surface area contributed by atoms with Crippen LogP contribution in [0, 0.1) is 0 Å². The Morgan fingerprint density at radius 3 is 2.67 bits per heavy atom. The zero-order valence-corrected chi connectivity index (χ0v) is 13.1. The number of aromatic amines is 1. The number of aromatic nitrogens is 2. The highest BCUT2D eigenvalue weighted by Crippen LogP contribution is 2.33. The summed E-state index contributed by atoms with van der Waals surface area (Å²) in [6.45, 7) is 0. The summed E-state index contributed by atoms with van der Waals surface area (Å²) in [6.07, 6.45) is 3.86. The summed E-state index contributed by atoms with van der Waals surface area (Å²) in [5, 5.41) is 10.4. The monoisotopic (exact) mass is 332 g/mol. The third-order valence-electron chi connectivity index (χ3n) is 3.54. The first kappa shape index (κ1) is 17.2. The van der Waals surface area contributed by atoms with Crippen molar-refractivity contribution in [3.8, 4) is 5.75 Å². The van der Waals surface area contributed by atoms with E-state index in [0.717, 1.165) is 13.3 Å². The Hall–Kier alpha value is -3.16. The number of ether oxygens (including phenoxy) is 2. The van der Waals surface area contributed by atoms with Gasteiger partial charge in [-0.3, -0.25) is 14.6 Å². The average molecular weight is 332 g/mol. The van der Waals surface area contributed by atoms with E-state index in [4.69, 9.17) is 0 Å². The number of hydrogen-bond donors (Lipinski definition) is 2. The second kappa shape index (κ2) is 7.40. The Morgan fingerprint density at radius 1 is 1.33 bits per heavy atom. The second-order valence-electron chi connectivity index (χ2n) is 4.90. The molecule has 2 N–H and O–H groups in total. The highest BCUT2D eigenvalue weighted by molar-refractivity contribution is 5.92. The van der Waals surface area contributed by atoms with E-state index in [1.165, 1.54) is 19.5 Å². The number of pyridine rings is 2. The summed E-state index contributed by atoms with van der Waals surface area (Å²) in [5.74, 6) is -2.76. The number of rotatable bonds is 5. The summed E-state index contributed by atoms with van der Waals surface area (Å²) in [7, 11) is 2.37. The molecule has 2 rings (SSSR count). The van der Waals surface area contributed by atoms with Gasteiger partial charge in [0, 0.05) is 24.5 Å². The van der Waals surface area contributed by atoms with Crippen molar-refractivity contribution in [2.45, 2.75) is 12.3 Å². The standard InChI is InChI=1S/C16H16N2O6/c1-23-12(19)6-10(9-4-3-5-17-7-9)13-14(20)11(16(22)24-2)8-18-15(13)21/h3-5,7-8,10H,6H2,1-2H3,(H2,18,20,21)/t10-/m1/s1. The smallest absolute Gasteiger partial charge is 0.343 e. The lowest BCUT2D eigenvalue weighted by Gasteiger charge is -2.17. The van der Waals surface area contributed by atoms with E-state index in [9.17, 15) is 19.5 Å². The van der Waals surface area contributed by atoms with Crippen LogP contribution in [0.3, 0.4) is 0 Å². The molecule has 0 aliphatic heterocycles. The van der Waals surface area contributed by atoms with Crippen LogP contribution in [0.1, 0.15) is 33.8 Å². The van der Waals surface area contributed by atoms with Gasteiger partial charge in [0.2, 0.25) is 0 Å². The lowest BCUT2D eigenvalue weighted by Crippen LogP contribution is -2.22. The Labute approximate surface area is 137 Å². The highest BCUT2D eigenvalue weighted by atomic mass is 16.5. The largest absolute Gasteiger partial charge is 0.506 e. The van der Waals surface area contributed by atoms with Gasteiger partial charge in [0.05, 0.1) is 26.2 Å². The van der Waals surface area contributed by atoms with Crippen LogP contribution in [0.15, 0.2) is 35.5 Å². The van der Waals surface area contributed by atoms with Crippen molar-refractivity contribution < 1.29 is 24.2 Å². The van der Waals surface area contributed by atoms with Crippen molar-refractivity contribution in [1.82, 2.24) is 9.97 Å². The van der Waals surface area contributed by atoms with Gasteiger partial charge in [0.1, 0.15) is 11.3 Å². The molecule has 0 saturated carbocycles. The number of hydrogen-bond acceptors (Lipinski definition) is 7. The molecule has 0 saturated heterocycles. The van der Waals surface area contributed by atoms with Gasteiger partial charge in [-0.05, 0) is 11.6 Å². The number of esters is 2. The molecule has 2 aromatic heterocycles. The Bertz CT molecular complexity index is 800. The summed E-state index contributed by atoms with van der Waals surface area (Å²) in [6, 6.07) is 3.29. The van der Waals surface area contributed by atoms with Crippen molar-refractivity contribution in [3.05, 3.63) is 57.8 Å². The fourth-order valence-electron chi connectivity index (χ4n) is 2.34. The maximum atomic E-state index is 12.2. The first-order valence-corrected chi connectivity index (χ1v) is 6.99. The van der Waals surface area contributed by atoms with E-state index in [0.29, 0.717) is 5.56 Å². The van der Waals surface area contributed by atoms with E-state index < -0.39 is 29.2 Å². The van der Waals surface area contributed by atoms with Gasteiger partial charge in [-0.2, -0.15) is 0 Å². The second-order valence-corrected chi connectivity index (χ2v) is 4.90. The number of methoxy groups -OCH3 is 2. The molecule has 126 valence electrons. The molecule has 0 aliphatic carbocycles. The van der Waals surface area contributed by atoms with Crippen LogP contribution in [-0.4, -0.2) is 41.2 Å². The summed E-state index contributed by atoms with van der Waals surface area (Å²) < 4.78 is 9.23. The molecule has 2 heterocycles. The van der Waals surface area contributed by atoms with Crippen LogP contribution >= 0.6 is 0 Å². The van der Waals surface area contributed by atoms with Gasteiger partial charge in [-0.1, -0.05) is 6.07 Å². The number of H-pyrrole nitrogens is 1. The number of nitrogens with one attached hydrogen (secondary N) is 1. The Balaban J connectivity index is 2.64. The number of carbonyl (C=O) groups excluding carboxylic acids is 2. The molecule has 0 radical (unpaired) electrons. The Morgan fingerprint density at radius 2 is 2.08 bits per heavy atom. The first-order valence-electron chi connectivity index (χ1n) is 6.99. The summed E-state index contributed by atoms with van der Waals surface area (Å²) in [5.41, 5.74) is -0.439. The lowest BCUT2D eigenvalue weighted by atomic mass is 9.89. The molecule has 2 aromatic rings. The lowest BCUT2D eigenvalue weighted by molar-refractivity contribution is -0.140. The Kier molecular flexibility index (Phi) is 5.31. The minimum Gasteiger partial charge on any atom is -0.506 e. The van der Waals surface area contributed by atoms with E-state index in [2.05, 4.69) is 19.4 Å². The molecule has 1 atom stereocenters. The zero-order chi connectivity index (χ0) is 17.7. The number of carbonyl (C=O) groups is 2. The maximum Gasteiger partial charge on any atom is 0.343 e. The molecule has 0 fully saturated rings. The van der Waals surface area contributed by atoms with E-state index >= 15 is 0 Å². The average Bonchev–Trinajstić information content (AvgIpc) is 2.60. The van der Waals surface area contributed by atoms with Crippen LogP contribution in [0.25, 0.3) is 0 Å². The summed E-state index contributed by atoms with van der Waals surface area (Å²) >= 11 is 0. The molecule has 0 amide bonds. The quantitative estimate of drug-likeness (QED) is 0.783. The topological polar surface area (TPSA) is 119 Å². The minimum atomic E-state index is -0.834. The molecule has 8 nitrogen and oxygen atoms in total. The van der Waals surface area contributed by atoms with Gasteiger partial charge in [-0.25, -0.2) is 4.79 Å². The molecule has 0 unspecified atom stereocenters. The molecule has 0 aromatic carbocycles. The van der Waals surface area contributed by atoms with Crippen molar-refractivity contribution in [3.63, 3.8) is 0 Å². The highest BCUT2D eigenvalue weighted by Gasteiger charge is 2.28. The van der Waals surface area contributed by atoms with Crippen LogP contribution < -0.4 is 5.56 Å². The molecular weight excluding hydrogens is 316 g/mol. The zero-order valence-electron chi connectivity index (χ0n) is 13.1. The fraction of sp³-hybridized carbons (Fsp3) is 0.250. The van der Waals surface area contributed by atoms with Crippen molar-refractivity contribution in [1.29, 1.82) is 0 Å². The van der Waals surface area contributed by atoms with Gasteiger partial charge in [0.15, 0.2) is 0 Å². The van der Waals surface area contributed by atoms with Crippen LogP contribution in [0.4, 0.5) is 0 Å². The maximum absolute atomic E-state index is 12.2. The van der Waals surface area contributed by atoms with E-state index in [1.54, 1.807) is 12.1 Å². The molecule has 8 heteroatoms. The summed E-state index contributed by atoms with van der Waals surface area (Å²) in [4.78, 5) is 42.0. The molecule has 0 aliphatic rings. The third kappa shape index (κ3) is 3.43. The van der Waals surface area contributed by atoms with Gasteiger partial charge < -0.3 is 19.6 Å². The molecule has 24 heavy (non-hydrogen) atoms. The van der Waals surface area contributed by atoms with Crippen molar-refractivity contribution in [2.75, 3.05) is 14.2 Å². The fourth-order valence-corrected chi connectivity index (χ4v) is 2.34. The van der Waals surface area contributed by atoms with E-state index in [-0.39, 0.29) is 17.5 Å².